The Morgan fingerprint density at radius 2 is 2.09 bits per heavy atom. The predicted molar refractivity (Wildman–Crippen MR) is 85.8 cm³/mol. The van der Waals surface area contributed by atoms with Gasteiger partial charge in [0.05, 0.1) is 12.6 Å². The Morgan fingerprint density at radius 1 is 1.32 bits per heavy atom. The van der Waals surface area contributed by atoms with Gasteiger partial charge in [-0.25, -0.2) is 4.79 Å². The molecule has 1 saturated heterocycles. The van der Waals surface area contributed by atoms with Crippen molar-refractivity contribution in [3.63, 3.8) is 0 Å². The maximum Gasteiger partial charge on any atom is 0.407 e. The number of carbonyl (C=O) groups excluding carboxylic acids is 2. The highest BCUT2D eigenvalue weighted by molar-refractivity contribution is 5.78. The highest BCUT2D eigenvalue weighted by atomic mass is 16.5. The van der Waals surface area contributed by atoms with Gasteiger partial charge in [0.25, 0.3) is 0 Å². The zero-order chi connectivity index (χ0) is 16.4. The molecule has 0 radical (unpaired) electrons. The van der Waals surface area contributed by atoms with E-state index >= 15 is 0 Å². The first-order chi connectivity index (χ1) is 10.5. The minimum Gasteiger partial charge on any atom is -0.447 e. The van der Waals surface area contributed by atoms with Crippen LogP contribution in [0, 0.1) is 0 Å². The predicted octanol–water partition coefficient (Wildman–Crippen LogP) is 0.265. The third-order valence-corrected chi connectivity index (χ3v) is 3.73. The van der Waals surface area contributed by atoms with Crippen LogP contribution in [-0.4, -0.2) is 81.8 Å². The number of likely N-dealkylation sites (N-methyl/N-ethyl adjacent to an activating group) is 1. The lowest BCUT2D eigenvalue weighted by molar-refractivity contribution is -0.134. The number of nitrogens with zero attached hydrogens (tertiary/aromatic N) is 2. The van der Waals surface area contributed by atoms with Gasteiger partial charge < -0.3 is 25.2 Å². The molecule has 1 heterocycles. The number of alkyl carbamates (subject to hydrolysis) is 1. The molecule has 1 aliphatic rings. The first kappa shape index (κ1) is 18.7. The lowest BCUT2D eigenvalue weighted by Gasteiger charge is -2.35. The summed E-state index contributed by atoms with van der Waals surface area (Å²) in [7, 11) is 5.75. The van der Waals surface area contributed by atoms with Crippen molar-refractivity contribution in [2.75, 3.05) is 53.9 Å². The van der Waals surface area contributed by atoms with Gasteiger partial charge >= 0.3 is 6.09 Å². The maximum atomic E-state index is 12.0. The quantitative estimate of drug-likeness (QED) is 0.629. The van der Waals surface area contributed by atoms with Crippen LogP contribution < -0.4 is 10.6 Å². The number of piperidine rings is 1. The normalized spacial score (nSPS) is 18.4. The summed E-state index contributed by atoms with van der Waals surface area (Å²) in [5.41, 5.74) is 0. The van der Waals surface area contributed by atoms with Gasteiger partial charge in [0.1, 0.15) is 6.61 Å². The largest absolute Gasteiger partial charge is 0.447 e. The van der Waals surface area contributed by atoms with Crippen LogP contribution in [0.5, 0.6) is 0 Å². The second kappa shape index (κ2) is 10.4. The molecular formula is C15H30N4O3. The van der Waals surface area contributed by atoms with E-state index in [0.29, 0.717) is 13.1 Å². The molecule has 1 rings (SSSR count). The molecule has 0 bridgehead atoms. The topological polar surface area (TPSA) is 73.9 Å². The Kier molecular flexibility index (Phi) is 8.84. The van der Waals surface area contributed by atoms with Gasteiger partial charge in [-0.2, -0.15) is 0 Å². The Hall–Kier alpha value is -1.34. The first-order valence-corrected chi connectivity index (χ1v) is 8.04. The van der Waals surface area contributed by atoms with Crippen LogP contribution in [0.2, 0.25) is 0 Å². The van der Waals surface area contributed by atoms with E-state index in [2.05, 4.69) is 15.5 Å². The SMILES string of the molecule is CNCC(=O)N1CCCCC1COC(=O)NCCCN(C)C. The van der Waals surface area contributed by atoms with Gasteiger partial charge in [-0.3, -0.25) is 4.79 Å². The molecule has 1 unspecified atom stereocenters. The van der Waals surface area contributed by atoms with Crippen molar-refractivity contribution in [3.8, 4) is 0 Å². The van der Waals surface area contributed by atoms with Gasteiger partial charge in [-0.1, -0.05) is 0 Å². The van der Waals surface area contributed by atoms with Crippen molar-refractivity contribution in [3.05, 3.63) is 0 Å². The molecule has 7 heteroatoms. The number of hydrogen-bond acceptors (Lipinski definition) is 5. The molecule has 1 atom stereocenters. The second-order valence-electron chi connectivity index (χ2n) is 5.95. The van der Waals surface area contributed by atoms with Crippen LogP contribution in [0.1, 0.15) is 25.7 Å². The van der Waals surface area contributed by atoms with Crippen LogP contribution in [0.3, 0.4) is 0 Å². The molecule has 0 saturated carbocycles. The molecule has 0 aromatic heterocycles. The zero-order valence-electron chi connectivity index (χ0n) is 14.1. The third kappa shape index (κ3) is 7.09. The van der Waals surface area contributed by atoms with E-state index in [9.17, 15) is 9.59 Å². The summed E-state index contributed by atoms with van der Waals surface area (Å²) in [6.07, 6.45) is 3.47. The van der Waals surface area contributed by atoms with Crippen molar-refractivity contribution in [2.24, 2.45) is 0 Å². The van der Waals surface area contributed by atoms with Crippen molar-refractivity contribution < 1.29 is 14.3 Å². The van der Waals surface area contributed by atoms with Crippen LogP contribution in [0.25, 0.3) is 0 Å². The molecule has 0 aromatic carbocycles. The summed E-state index contributed by atoms with van der Waals surface area (Å²) in [5, 5.41) is 5.62. The number of rotatable bonds is 8. The number of amides is 2. The van der Waals surface area contributed by atoms with E-state index in [1.807, 2.05) is 19.0 Å². The number of nitrogens with one attached hydrogen (secondary N) is 2. The minimum absolute atomic E-state index is 0.00197. The summed E-state index contributed by atoms with van der Waals surface area (Å²) in [5.74, 6) is 0.0715. The Balaban J connectivity index is 2.28. The van der Waals surface area contributed by atoms with Crippen LogP contribution >= 0.6 is 0 Å². The van der Waals surface area contributed by atoms with E-state index in [1.165, 1.54) is 0 Å². The molecule has 22 heavy (non-hydrogen) atoms. The van der Waals surface area contributed by atoms with E-state index in [-0.39, 0.29) is 18.6 Å². The fraction of sp³-hybridized carbons (Fsp3) is 0.867. The van der Waals surface area contributed by atoms with E-state index in [1.54, 1.807) is 7.05 Å². The smallest absolute Gasteiger partial charge is 0.407 e. The standard InChI is InChI=1S/C15H30N4O3/c1-16-11-14(20)19-10-5-4-7-13(19)12-22-15(21)17-8-6-9-18(2)3/h13,16H,4-12H2,1-3H3,(H,17,21). The van der Waals surface area contributed by atoms with Crippen molar-refractivity contribution in [1.29, 1.82) is 0 Å². The van der Waals surface area contributed by atoms with Gasteiger partial charge in [0.2, 0.25) is 5.91 Å². The summed E-state index contributed by atoms with van der Waals surface area (Å²) in [6.45, 7) is 2.88. The molecule has 1 fully saturated rings. The van der Waals surface area contributed by atoms with Crippen molar-refractivity contribution in [2.45, 2.75) is 31.7 Å². The number of ether oxygens (including phenoxy) is 1. The summed E-state index contributed by atoms with van der Waals surface area (Å²) in [6, 6.07) is 0.00197. The molecule has 0 aromatic rings. The molecule has 128 valence electrons. The fourth-order valence-corrected chi connectivity index (χ4v) is 2.56. The molecule has 0 aliphatic carbocycles. The lowest BCUT2D eigenvalue weighted by atomic mass is 10.0. The zero-order valence-corrected chi connectivity index (χ0v) is 14.1. The number of carbonyl (C=O) groups is 2. The Labute approximate surface area is 133 Å². The van der Waals surface area contributed by atoms with E-state index in [4.69, 9.17) is 4.74 Å². The molecule has 0 spiro atoms. The molecule has 2 N–H and O–H groups in total. The number of likely N-dealkylation sites (tertiary alicyclic amines) is 1. The minimum atomic E-state index is -0.398. The molecular weight excluding hydrogens is 284 g/mol. The first-order valence-electron chi connectivity index (χ1n) is 8.04. The molecule has 7 nitrogen and oxygen atoms in total. The van der Waals surface area contributed by atoms with Gasteiger partial charge in [-0.05, 0) is 53.4 Å². The highest BCUT2D eigenvalue weighted by Crippen LogP contribution is 2.17. The van der Waals surface area contributed by atoms with Gasteiger partial charge in [0.15, 0.2) is 0 Å². The Bertz CT molecular complexity index is 350. The summed E-state index contributed by atoms with van der Waals surface area (Å²) >= 11 is 0. The average Bonchev–Trinajstić information content (AvgIpc) is 2.50. The van der Waals surface area contributed by atoms with E-state index < -0.39 is 6.09 Å². The van der Waals surface area contributed by atoms with Crippen LogP contribution in [0.4, 0.5) is 4.79 Å². The molecule has 1 aliphatic heterocycles. The summed E-state index contributed by atoms with van der Waals surface area (Å²) < 4.78 is 5.27. The maximum absolute atomic E-state index is 12.0. The monoisotopic (exact) mass is 314 g/mol. The lowest BCUT2D eigenvalue weighted by Crippen LogP contribution is -2.49. The van der Waals surface area contributed by atoms with Crippen LogP contribution in [-0.2, 0) is 9.53 Å². The van der Waals surface area contributed by atoms with E-state index in [0.717, 1.165) is 38.8 Å². The van der Waals surface area contributed by atoms with Crippen LogP contribution in [0.15, 0.2) is 0 Å². The molecule has 2 amide bonds. The second-order valence-corrected chi connectivity index (χ2v) is 5.95. The van der Waals surface area contributed by atoms with Gasteiger partial charge in [-0.15, -0.1) is 0 Å². The Morgan fingerprint density at radius 3 is 2.77 bits per heavy atom. The van der Waals surface area contributed by atoms with Gasteiger partial charge in [0, 0.05) is 13.1 Å². The highest BCUT2D eigenvalue weighted by Gasteiger charge is 2.27. The fourth-order valence-electron chi connectivity index (χ4n) is 2.56. The average molecular weight is 314 g/mol. The summed E-state index contributed by atoms with van der Waals surface area (Å²) in [4.78, 5) is 27.6. The van der Waals surface area contributed by atoms with Crippen molar-refractivity contribution >= 4 is 12.0 Å². The third-order valence-electron chi connectivity index (χ3n) is 3.73. The van der Waals surface area contributed by atoms with Crippen molar-refractivity contribution in [1.82, 2.24) is 20.4 Å². The number of hydrogen-bond donors (Lipinski definition) is 2.